The number of thiazole rings is 1. The lowest BCUT2D eigenvalue weighted by Crippen LogP contribution is -2.41. The molecule has 28 heavy (non-hydrogen) atoms. The zero-order valence-electron chi connectivity index (χ0n) is 15.6. The van der Waals surface area contributed by atoms with Crippen LogP contribution >= 0.6 is 22.7 Å². The van der Waals surface area contributed by atoms with E-state index in [1.165, 1.54) is 11.3 Å². The highest BCUT2D eigenvalue weighted by atomic mass is 32.1. The zero-order valence-corrected chi connectivity index (χ0v) is 17.2. The highest BCUT2D eigenvalue weighted by molar-refractivity contribution is 7.17. The molecule has 0 saturated carbocycles. The molecule has 1 saturated heterocycles. The maximum Gasteiger partial charge on any atom is 0.264 e. The number of nitrogens with one attached hydrogen (secondary N) is 1. The number of benzene rings is 1. The predicted molar refractivity (Wildman–Crippen MR) is 113 cm³/mol. The van der Waals surface area contributed by atoms with Gasteiger partial charge in [-0.25, -0.2) is 4.98 Å². The first-order valence-corrected chi connectivity index (χ1v) is 11.0. The molecule has 0 bridgehead atoms. The molecule has 3 heterocycles. The van der Waals surface area contributed by atoms with E-state index in [1.807, 2.05) is 59.0 Å². The molecule has 3 aromatic rings. The Morgan fingerprint density at radius 2 is 1.89 bits per heavy atom. The van der Waals surface area contributed by atoms with Gasteiger partial charge >= 0.3 is 0 Å². The molecule has 2 amide bonds. The maximum absolute atomic E-state index is 13.1. The van der Waals surface area contributed by atoms with Crippen LogP contribution in [0.3, 0.4) is 0 Å². The van der Waals surface area contributed by atoms with Crippen molar-refractivity contribution in [3.63, 3.8) is 0 Å². The number of thiophene rings is 1. The molecule has 0 spiro atoms. The van der Waals surface area contributed by atoms with Crippen LogP contribution < -0.4 is 5.32 Å². The number of amides is 2. The molecule has 1 aromatic carbocycles. The number of hydrogen-bond acceptors (Lipinski definition) is 5. The third-order valence-corrected chi connectivity index (χ3v) is 6.73. The Kier molecular flexibility index (Phi) is 5.54. The Hall–Kier alpha value is -2.51. The first kappa shape index (κ1) is 18.8. The fourth-order valence-corrected chi connectivity index (χ4v) is 5.05. The van der Waals surface area contributed by atoms with Crippen molar-refractivity contribution in [3.8, 4) is 10.6 Å². The number of aromatic nitrogens is 1. The molecule has 1 aliphatic heterocycles. The van der Waals surface area contributed by atoms with E-state index in [0.29, 0.717) is 10.6 Å². The zero-order chi connectivity index (χ0) is 19.5. The minimum absolute atomic E-state index is 0.0442. The molecule has 5 nitrogen and oxygen atoms in total. The minimum Gasteiger partial charge on any atom is -0.341 e. The fourth-order valence-electron chi connectivity index (χ4n) is 3.37. The van der Waals surface area contributed by atoms with Gasteiger partial charge in [-0.1, -0.05) is 30.3 Å². The van der Waals surface area contributed by atoms with Gasteiger partial charge < -0.3 is 10.2 Å². The quantitative estimate of drug-likeness (QED) is 0.682. The summed E-state index contributed by atoms with van der Waals surface area (Å²) >= 11 is 2.96. The lowest BCUT2D eigenvalue weighted by Gasteiger charge is -2.24. The van der Waals surface area contributed by atoms with E-state index in [4.69, 9.17) is 0 Å². The third kappa shape index (κ3) is 3.86. The van der Waals surface area contributed by atoms with Gasteiger partial charge in [-0.2, -0.15) is 11.3 Å². The lowest BCUT2D eigenvalue weighted by atomic mass is 10.1. The second kappa shape index (κ2) is 8.24. The van der Waals surface area contributed by atoms with E-state index in [0.717, 1.165) is 42.1 Å². The molecular weight excluding hydrogens is 390 g/mol. The summed E-state index contributed by atoms with van der Waals surface area (Å²) in [5.74, 6) is -0.296. The average molecular weight is 412 g/mol. The molecule has 1 atom stereocenters. The SMILES string of the molecule is Cc1nc(-c2ccsc2)sc1C(=O)N[C@@H](C(=O)N1CCCC1)c1ccccc1. The molecule has 144 valence electrons. The highest BCUT2D eigenvalue weighted by Gasteiger charge is 2.30. The molecule has 1 aliphatic rings. The van der Waals surface area contributed by atoms with Crippen molar-refractivity contribution in [2.75, 3.05) is 13.1 Å². The lowest BCUT2D eigenvalue weighted by molar-refractivity contribution is -0.132. The second-order valence-corrected chi connectivity index (χ2v) is 8.57. The van der Waals surface area contributed by atoms with Gasteiger partial charge in [-0.05, 0) is 36.8 Å². The van der Waals surface area contributed by atoms with Gasteiger partial charge in [-0.3, -0.25) is 9.59 Å². The summed E-state index contributed by atoms with van der Waals surface area (Å²) in [6.07, 6.45) is 2.03. The highest BCUT2D eigenvalue weighted by Crippen LogP contribution is 2.30. The fraction of sp³-hybridized carbons (Fsp3) is 0.286. The monoisotopic (exact) mass is 411 g/mol. The smallest absolute Gasteiger partial charge is 0.264 e. The van der Waals surface area contributed by atoms with Crippen LogP contribution in [0.15, 0.2) is 47.2 Å². The van der Waals surface area contributed by atoms with Crippen molar-refractivity contribution in [3.05, 3.63) is 63.3 Å². The van der Waals surface area contributed by atoms with E-state index in [1.54, 1.807) is 11.3 Å². The van der Waals surface area contributed by atoms with Gasteiger partial charge in [-0.15, -0.1) is 11.3 Å². The van der Waals surface area contributed by atoms with Crippen LogP contribution in [0.25, 0.3) is 10.6 Å². The van der Waals surface area contributed by atoms with E-state index in [9.17, 15) is 9.59 Å². The van der Waals surface area contributed by atoms with Crippen LogP contribution in [0.5, 0.6) is 0 Å². The Balaban J connectivity index is 1.60. The van der Waals surface area contributed by atoms with Crippen molar-refractivity contribution in [2.24, 2.45) is 0 Å². The van der Waals surface area contributed by atoms with E-state index in [-0.39, 0.29) is 11.8 Å². The van der Waals surface area contributed by atoms with Gasteiger partial charge in [0.2, 0.25) is 5.91 Å². The van der Waals surface area contributed by atoms with Crippen molar-refractivity contribution in [2.45, 2.75) is 25.8 Å². The van der Waals surface area contributed by atoms with Crippen molar-refractivity contribution < 1.29 is 9.59 Å². The molecular formula is C21H21N3O2S2. The Morgan fingerprint density at radius 3 is 2.57 bits per heavy atom. The Labute approximate surface area is 172 Å². The molecule has 2 aromatic heterocycles. The topological polar surface area (TPSA) is 62.3 Å². The molecule has 0 radical (unpaired) electrons. The molecule has 4 rings (SSSR count). The van der Waals surface area contributed by atoms with Crippen molar-refractivity contribution >= 4 is 34.5 Å². The van der Waals surface area contributed by atoms with Crippen LogP contribution in [0.2, 0.25) is 0 Å². The summed E-state index contributed by atoms with van der Waals surface area (Å²) < 4.78 is 0. The van der Waals surface area contributed by atoms with Gasteiger partial charge in [0, 0.05) is 24.0 Å². The normalized spacial score (nSPS) is 14.8. The van der Waals surface area contributed by atoms with E-state index in [2.05, 4.69) is 10.3 Å². The average Bonchev–Trinajstić information content (AvgIpc) is 3.47. The number of nitrogens with zero attached hydrogens (tertiary/aromatic N) is 2. The van der Waals surface area contributed by atoms with Gasteiger partial charge in [0.15, 0.2) is 0 Å². The van der Waals surface area contributed by atoms with Crippen molar-refractivity contribution in [1.82, 2.24) is 15.2 Å². The summed E-state index contributed by atoms with van der Waals surface area (Å²) in [4.78, 5) is 33.1. The molecule has 1 N–H and O–H groups in total. The van der Waals surface area contributed by atoms with Gasteiger partial charge in [0.25, 0.3) is 5.91 Å². The van der Waals surface area contributed by atoms with E-state index < -0.39 is 6.04 Å². The first-order chi connectivity index (χ1) is 13.6. The molecule has 7 heteroatoms. The second-order valence-electron chi connectivity index (χ2n) is 6.80. The summed E-state index contributed by atoms with van der Waals surface area (Å²) in [5, 5.41) is 7.80. The van der Waals surface area contributed by atoms with Crippen molar-refractivity contribution in [1.29, 1.82) is 0 Å². The first-order valence-electron chi connectivity index (χ1n) is 9.28. The Morgan fingerprint density at radius 1 is 1.14 bits per heavy atom. The maximum atomic E-state index is 13.1. The summed E-state index contributed by atoms with van der Waals surface area (Å²) in [7, 11) is 0. The predicted octanol–water partition coefficient (Wildman–Crippen LogP) is 4.27. The van der Waals surface area contributed by atoms with E-state index >= 15 is 0 Å². The number of carbonyl (C=O) groups is 2. The number of hydrogen-bond donors (Lipinski definition) is 1. The number of aryl methyl sites for hydroxylation is 1. The number of rotatable bonds is 5. The summed E-state index contributed by atoms with van der Waals surface area (Å²) in [5.41, 5.74) is 2.50. The Bertz CT molecular complexity index is 961. The molecule has 0 unspecified atom stereocenters. The van der Waals surface area contributed by atoms with Crippen LogP contribution in [-0.4, -0.2) is 34.8 Å². The minimum atomic E-state index is -0.683. The van der Waals surface area contributed by atoms with Gasteiger partial charge in [0.05, 0.1) is 5.69 Å². The standard InChI is InChI=1S/C21H21N3O2S2/c1-14-18(28-20(22-14)16-9-12-27-13-16)19(25)23-17(15-7-3-2-4-8-15)21(26)24-10-5-6-11-24/h2-4,7-9,12-13,17H,5-6,10-11H2,1H3,(H,23,25)/t17-/m1/s1. The van der Waals surface area contributed by atoms with Crippen LogP contribution in [0.1, 0.15) is 39.8 Å². The van der Waals surface area contributed by atoms with Crippen LogP contribution in [-0.2, 0) is 4.79 Å². The molecule has 1 fully saturated rings. The van der Waals surface area contributed by atoms with Gasteiger partial charge in [0.1, 0.15) is 15.9 Å². The summed E-state index contributed by atoms with van der Waals surface area (Å²) in [6.45, 7) is 3.33. The number of carbonyl (C=O) groups excluding carboxylic acids is 2. The number of likely N-dealkylation sites (tertiary alicyclic amines) is 1. The molecule has 0 aliphatic carbocycles. The van der Waals surface area contributed by atoms with Crippen LogP contribution in [0.4, 0.5) is 0 Å². The third-order valence-electron chi connectivity index (χ3n) is 4.84. The summed E-state index contributed by atoms with van der Waals surface area (Å²) in [6, 6.07) is 10.8. The van der Waals surface area contributed by atoms with Crippen LogP contribution in [0, 0.1) is 6.92 Å². The largest absolute Gasteiger partial charge is 0.341 e.